The van der Waals surface area contributed by atoms with E-state index in [1.807, 2.05) is 38.1 Å². The third kappa shape index (κ3) is 3.62. The number of aliphatic carboxylic acids is 1. The second-order valence-electron chi connectivity index (χ2n) is 3.69. The van der Waals surface area contributed by atoms with Crippen LogP contribution in [-0.4, -0.2) is 17.1 Å². The molecule has 82 valence electrons. The van der Waals surface area contributed by atoms with Crippen molar-refractivity contribution in [1.82, 2.24) is 0 Å². The highest BCUT2D eigenvalue weighted by molar-refractivity contribution is 5.77. The fourth-order valence-electron chi connectivity index (χ4n) is 1.48. The van der Waals surface area contributed by atoms with Crippen LogP contribution in [0.3, 0.4) is 0 Å². The number of aryl methyl sites for hydroxylation is 1. The fourth-order valence-corrected chi connectivity index (χ4v) is 1.48. The van der Waals surface area contributed by atoms with Crippen molar-refractivity contribution in [3.63, 3.8) is 0 Å². The maximum Gasteiger partial charge on any atom is 0.326 e. The van der Waals surface area contributed by atoms with Gasteiger partial charge in [-0.25, -0.2) is 4.79 Å². The van der Waals surface area contributed by atoms with E-state index in [0.717, 1.165) is 17.7 Å². The molecular weight excluding hydrogens is 190 g/mol. The Bertz CT molecular complexity index is 336. The molecule has 0 bridgehead atoms. The largest absolute Gasteiger partial charge is 0.480 e. The normalized spacial score (nSPS) is 12.1. The lowest BCUT2D eigenvalue weighted by Gasteiger charge is -2.15. The quantitative estimate of drug-likeness (QED) is 0.780. The molecule has 0 aliphatic rings. The van der Waals surface area contributed by atoms with Crippen LogP contribution in [0.1, 0.15) is 25.3 Å². The number of rotatable bonds is 5. The summed E-state index contributed by atoms with van der Waals surface area (Å²) in [5.74, 6) is -0.793. The SMILES string of the molecule is CCC[C@@H](Nc1cccc(C)c1)C(=O)O. The average Bonchev–Trinajstić information content (AvgIpc) is 2.17. The van der Waals surface area contributed by atoms with Crippen molar-refractivity contribution in [2.45, 2.75) is 32.7 Å². The summed E-state index contributed by atoms with van der Waals surface area (Å²) < 4.78 is 0. The van der Waals surface area contributed by atoms with Gasteiger partial charge in [0.15, 0.2) is 0 Å². The molecule has 0 saturated heterocycles. The summed E-state index contributed by atoms with van der Waals surface area (Å²) in [6.07, 6.45) is 1.50. The van der Waals surface area contributed by atoms with E-state index in [1.165, 1.54) is 0 Å². The summed E-state index contributed by atoms with van der Waals surface area (Å²) in [5, 5.41) is 12.0. The van der Waals surface area contributed by atoms with E-state index in [0.29, 0.717) is 6.42 Å². The molecule has 0 aromatic heterocycles. The smallest absolute Gasteiger partial charge is 0.326 e. The van der Waals surface area contributed by atoms with E-state index in [1.54, 1.807) is 0 Å². The zero-order chi connectivity index (χ0) is 11.3. The van der Waals surface area contributed by atoms with Gasteiger partial charge in [0.1, 0.15) is 6.04 Å². The first-order valence-electron chi connectivity index (χ1n) is 5.19. The summed E-state index contributed by atoms with van der Waals surface area (Å²) in [7, 11) is 0. The number of carboxylic acid groups (broad SMARTS) is 1. The van der Waals surface area contributed by atoms with Gasteiger partial charge < -0.3 is 10.4 Å². The van der Waals surface area contributed by atoms with Gasteiger partial charge in [-0.2, -0.15) is 0 Å². The van der Waals surface area contributed by atoms with Crippen molar-refractivity contribution in [3.8, 4) is 0 Å². The predicted octanol–water partition coefficient (Wildman–Crippen LogP) is 2.66. The van der Waals surface area contributed by atoms with Crippen molar-refractivity contribution in [3.05, 3.63) is 29.8 Å². The topological polar surface area (TPSA) is 49.3 Å². The number of benzene rings is 1. The van der Waals surface area contributed by atoms with Crippen LogP contribution in [0.4, 0.5) is 5.69 Å². The van der Waals surface area contributed by atoms with Gasteiger partial charge in [0.05, 0.1) is 0 Å². The van der Waals surface area contributed by atoms with Crippen LogP contribution < -0.4 is 5.32 Å². The number of anilines is 1. The summed E-state index contributed by atoms with van der Waals surface area (Å²) in [4.78, 5) is 10.9. The van der Waals surface area contributed by atoms with Gasteiger partial charge in [-0.1, -0.05) is 25.5 Å². The Balaban J connectivity index is 2.69. The summed E-state index contributed by atoms with van der Waals surface area (Å²) in [5.41, 5.74) is 2.00. The Morgan fingerprint density at radius 2 is 2.27 bits per heavy atom. The Morgan fingerprint density at radius 3 is 2.80 bits per heavy atom. The lowest BCUT2D eigenvalue weighted by atomic mass is 10.1. The average molecular weight is 207 g/mol. The highest BCUT2D eigenvalue weighted by Gasteiger charge is 2.15. The van der Waals surface area contributed by atoms with E-state index in [4.69, 9.17) is 5.11 Å². The number of hydrogen-bond donors (Lipinski definition) is 2. The minimum absolute atomic E-state index is 0.489. The molecule has 0 spiro atoms. The summed E-state index contributed by atoms with van der Waals surface area (Å²) in [6.45, 7) is 3.97. The zero-order valence-corrected chi connectivity index (χ0v) is 9.16. The standard InChI is InChI=1S/C12H17NO2/c1-3-5-11(12(14)15)13-10-7-4-6-9(2)8-10/h4,6-8,11,13H,3,5H2,1-2H3,(H,14,15)/t11-/m1/s1. The van der Waals surface area contributed by atoms with E-state index >= 15 is 0 Å². The molecule has 0 fully saturated rings. The Kier molecular flexibility index (Phi) is 4.16. The van der Waals surface area contributed by atoms with Gasteiger partial charge in [0.25, 0.3) is 0 Å². The van der Waals surface area contributed by atoms with Crippen LogP contribution in [0, 0.1) is 6.92 Å². The van der Waals surface area contributed by atoms with E-state index in [2.05, 4.69) is 5.32 Å². The highest BCUT2D eigenvalue weighted by Crippen LogP contribution is 2.12. The second kappa shape index (κ2) is 5.39. The monoisotopic (exact) mass is 207 g/mol. The van der Waals surface area contributed by atoms with Crippen molar-refractivity contribution < 1.29 is 9.90 Å². The Morgan fingerprint density at radius 1 is 1.53 bits per heavy atom. The van der Waals surface area contributed by atoms with Crippen LogP contribution in [0.25, 0.3) is 0 Å². The van der Waals surface area contributed by atoms with Crippen LogP contribution in [0.5, 0.6) is 0 Å². The third-order valence-corrected chi connectivity index (χ3v) is 2.23. The summed E-state index contributed by atoms with van der Waals surface area (Å²) >= 11 is 0. The molecule has 0 saturated carbocycles. The lowest BCUT2D eigenvalue weighted by molar-refractivity contribution is -0.138. The molecule has 0 heterocycles. The maximum atomic E-state index is 10.9. The molecule has 0 amide bonds. The zero-order valence-electron chi connectivity index (χ0n) is 9.16. The van der Waals surface area contributed by atoms with Crippen LogP contribution in [-0.2, 0) is 4.79 Å². The van der Waals surface area contributed by atoms with Crippen molar-refractivity contribution >= 4 is 11.7 Å². The van der Waals surface area contributed by atoms with Gasteiger partial charge >= 0.3 is 5.97 Å². The number of carbonyl (C=O) groups is 1. The Labute approximate surface area is 90.1 Å². The lowest BCUT2D eigenvalue weighted by Crippen LogP contribution is -2.28. The van der Waals surface area contributed by atoms with Gasteiger partial charge in [-0.3, -0.25) is 0 Å². The first-order valence-corrected chi connectivity index (χ1v) is 5.19. The molecule has 1 aromatic carbocycles. The van der Waals surface area contributed by atoms with Crippen molar-refractivity contribution in [1.29, 1.82) is 0 Å². The molecule has 0 unspecified atom stereocenters. The minimum Gasteiger partial charge on any atom is -0.480 e. The third-order valence-electron chi connectivity index (χ3n) is 2.23. The van der Waals surface area contributed by atoms with Gasteiger partial charge in [-0.05, 0) is 31.0 Å². The highest BCUT2D eigenvalue weighted by atomic mass is 16.4. The summed E-state index contributed by atoms with van der Waals surface area (Å²) in [6, 6.07) is 7.25. The van der Waals surface area contributed by atoms with Crippen molar-refractivity contribution in [2.24, 2.45) is 0 Å². The van der Waals surface area contributed by atoms with Gasteiger partial charge in [-0.15, -0.1) is 0 Å². The molecule has 3 heteroatoms. The van der Waals surface area contributed by atoms with Gasteiger partial charge in [0.2, 0.25) is 0 Å². The van der Waals surface area contributed by atoms with E-state index in [-0.39, 0.29) is 0 Å². The first kappa shape index (κ1) is 11.6. The number of carboxylic acids is 1. The second-order valence-corrected chi connectivity index (χ2v) is 3.69. The minimum atomic E-state index is -0.793. The van der Waals surface area contributed by atoms with Crippen LogP contribution in [0.2, 0.25) is 0 Å². The number of hydrogen-bond acceptors (Lipinski definition) is 2. The van der Waals surface area contributed by atoms with Crippen LogP contribution >= 0.6 is 0 Å². The molecule has 1 aromatic rings. The molecule has 15 heavy (non-hydrogen) atoms. The van der Waals surface area contributed by atoms with Crippen LogP contribution in [0.15, 0.2) is 24.3 Å². The molecule has 0 aliphatic heterocycles. The molecule has 0 aliphatic carbocycles. The van der Waals surface area contributed by atoms with Gasteiger partial charge in [0, 0.05) is 5.69 Å². The molecule has 1 rings (SSSR count). The van der Waals surface area contributed by atoms with E-state index < -0.39 is 12.0 Å². The maximum absolute atomic E-state index is 10.9. The molecule has 1 atom stereocenters. The molecule has 3 nitrogen and oxygen atoms in total. The molecule has 2 N–H and O–H groups in total. The fraction of sp³-hybridized carbons (Fsp3) is 0.417. The molecule has 0 radical (unpaired) electrons. The first-order chi connectivity index (χ1) is 7.13. The molecular formula is C12H17NO2. The number of nitrogens with one attached hydrogen (secondary N) is 1. The predicted molar refractivity (Wildman–Crippen MR) is 61.1 cm³/mol. The Hall–Kier alpha value is -1.51. The van der Waals surface area contributed by atoms with Crippen molar-refractivity contribution in [2.75, 3.05) is 5.32 Å². The van der Waals surface area contributed by atoms with E-state index in [9.17, 15) is 4.79 Å².